The second-order valence-corrected chi connectivity index (χ2v) is 4.49. The van der Waals surface area contributed by atoms with Crippen molar-refractivity contribution in [2.45, 2.75) is 39.7 Å². The Labute approximate surface area is 81.1 Å². The van der Waals surface area contributed by atoms with Crippen molar-refractivity contribution >= 4 is 17.2 Å². The third-order valence-electron chi connectivity index (χ3n) is 1.96. The third kappa shape index (κ3) is 4.67. The molecular formula is C9H20N2S. The molecule has 0 unspecified atom stereocenters. The predicted molar refractivity (Wildman–Crippen MR) is 58.4 cm³/mol. The van der Waals surface area contributed by atoms with Gasteiger partial charge in [-0.1, -0.05) is 19.1 Å². The minimum atomic E-state index is 0.222. The van der Waals surface area contributed by atoms with Crippen molar-refractivity contribution in [3.8, 4) is 0 Å². The van der Waals surface area contributed by atoms with E-state index in [9.17, 15) is 0 Å². The van der Waals surface area contributed by atoms with Crippen LogP contribution in [0.3, 0.4) is 0 Å². The Kier molecular flexibility index (Phi) is 4.71. The van der Waals surface area contributed by atoms with Gasteiger partial charge in [0.2, 0.25) is 0 Å². The van der Waals surface area contributed by atoms with Gasteiger partial charge in [0.05, 0.1) is 4.99 Å². The van der Waals surface area contributed by atoms with Gasteiger partial charge in [0.1, 0.15) is 0 Å². The fourth-order valence-electron chi connectivity index (χ4n) is 1.21. The molecule has 0 aliphatic rings. The molecule has 2 N–H and O–H groups in total. The fraction of sp³-hybridized carbons (Fsp3) is 0.889. The van der Waals surface area contributed by atoms with Crippen LogP contribution < -0.4 is 5.73 Å². The molecule has 2 nitrogen and oxygen atoms in total. The van der Waals surface area contributed by atoms with E-state index in [0.717, 1.165) is 19.5 Å². The van der Waals surface area contributed by atoms with E-state index in [2.05, 4.69) is 32.6 Å². The highest BCUT2D eigenvalue weighted by Gasteiger charge is 2.18. The highest BCUT2D eigenvalue weighted by molar-refractivity contribution is 7.80. The van der Waals surface area contributed by atoms with E-state index >= 15 is 0 Å². The lowest BCUT2D eigenvalue weighted by molar-refractivity contribution is 0.149. The number of nitrogens with zero attached hydrogens (tertiary/aromatic N) is 1. The van der Waals surface area contributed by atoms with Gasteiger partial charge in [-0.15, -0.1) is 0 Å². The normalized spacial score (nSPS) is 12.1. The van der Waals surface area contributed by atoms with Gasteiger partial charge in [-0.2, -0.15) is 0 Å². The van der Waals surface area contributed by atoms with E-state index in [4.69, 9.17) is 18.0 Å². The van der Waals surface area contributed by atoms with Gasteiger partial charge in [-0.25, -0.2) is 0 Å². The molecule has 3 heteroatoms. The van der Waals surface area contributed by atoms with Crippen LogP contribution in [-0.4, -0.2) is 28.5 Å². The average Bonchev–Trinajstić information content (AvgIpc) is 1.85. The van der Waals surface area contributed by atoms with Crippen molar-refractivity contribution in [2.75, 3.05) is 13.1 Å². The van der Waals surface area contributed by atoms with E-state index in [1.54, 1.807) is 0 Å². The lowest BCUT2D eigenvalue weighted by Gasteiger charge is -2.34. The maximum atomic E-state index is 5.44. The smallest absolute Gasteiger partial charge is 0.0740 e. The van der Waals surface area contributed by atoms with E-state index in [-0.39, 0.29) is 5.54 Å². The summed E-state index contributed by atoms with van der Waals surface area (Å²) in [6.45, 7) is 10.8. The maximum Gasteiger partial charge on any atom is 0.0740 e. The van der Waals surface area contributed by atoms with Crippen molar-refractivity contribution in [3.63, 3.8) is 0 Å². The van der Waals surface area contributed by atoms with Crippen molar-refractivity contribution in [3.05, 3.63) is 0 Å². The Morgan fingerprint density at radius 1 is 1.42 bits per heavy atom. The van der Waals surface area contributed by atoms with E-state index in [1.165, 1.54) is 0 Å². The molecule has 0 rings (SSSR count). The molecule has 0 atom stereocenters. The summed E-state index contributed by atoms with van der Waals surface area (Å²) >= 11 is 4.84. The van der Waals surface area contributed by atoms with Crippen LogP contribution >= 0.6 is 12.2 Å². The zero-order valence-electron chi connectivity index (χ0n) is 8.55. The zero-order valence-corrected chi connectivity index (χ0v) is 9.37. The summed E-state index contributed by atoms with van der Waals surface area (Å²) in [5, 5.41) is 0. The summed E-state index contributed by atoms with van der Waals surface area (Å²) in [6.07, 6.45) is 0.820. The van der Waals surface area contributed by atoms with Gasteiger partial charge >= 0.3 is 0 Å². The molecule has 0 radical (unpaired) electrons. The lowest BCUT2D eigenvalue weighted by atomic mass is 10.1. The van der Waals surface area contributed by atoms with E-state index in [0.29, 0.717) is 4.99 Å². The molecule has 0 aromatic carbocycles. The number of thiocarbonyl (C=S) groups is 1. The Balaban J connectivity index is 3.92. The Bertz CT molecular complexity index is 149. The van der Waals surface area contributed by atoms with Gasteiger partial charge in [-0.3, -0.25) is 4.90 Å². The molecule has 0 saturated carbocycles. The fourth-order valence-corrected chi connectivity index (χ4v) is 1.30. The molecule has 0 aliphatic carbocycles. The molecule has 0 spiro atoms. The van der Waals surface area contributed by atoms with Crippen LogP contribution in [0, 0.1) is 0 Å². The second-order valence-electron chi connectivity index (χ2n) is 3.97. The molecule has 0 aromatic rings. The number of hydrogen-bond donors (Lipinski definition) is 1. The molecule has 0 saturated heterocycles. The first-order chi connectivity index (χ1) is 5.38. The van der Waals surface area contributed by atoms with Crippen LogP contribution in [-0.2, 0) is 0 Å². The third-order valence-corrected chi connectivity index (χ3v) is 2.16. The highest BCUT2D eigenvalue weighted by Crippen LogP contribution is 2.12. The number of rotatable bonds is 4. The lowest BCUT2D eigenvalue weighted by Crippen LogP contribution is -2.42. The van der Waals surface area contributed by atoms with Crippen molar-refractivity contribution in [1.82, 2.24) is 4.90 Å². The molecule has 12 heavy (non-hydrogen) atoms. The molecule has 72 valence electrons. The van der Waals surface area contributed by atoms with Crippen LogP contribution in [0.25, 0.3) is 0 Å². The quantitative estimate of drug-likeness (QED) is 0.682. The first-order valence-corrected chi connectivity index (χ1v) is 4.82. The molecule has 0 amide bonds. The van der Waals surface area contributed by atoms with Gasteiger partial charge in [0.25, 0.3) is 0 Å². The molecule has 0 aromatic heterocycles. The van der Waals surface area contributed by atoms with Gasteiger partial charge in [0.15, 0.2) is 0 Å². The number of hydrogen-bond acceptors (Lipinski definition) is 2. The van der Waals surface area contributed by atoms with Gasteiger partial charge < -0.3 is 5.73 Å². The van der Waals surface area contributed by atoms with Crippen LogP contribution in [0.2, 0.25) is 0 Å². The Hall–Kier alpha value is -0.150. The molecule has 0 heterocycles. The van der Waals surface area contributed by atoms with Crippen molar-refractivity contribution in [2.24, 2.45) is 5.73 Å². The summed E-state index contributed by atoms with van der Waals surface area (Å²) < 4.78 is 0. The molecule has 0 aliphatic heterocycles. The topological polar surface area (TPSA) is 29.3 Å². The van der Waals surface area contributed by atoms with Crippen molar-refractivity contribution in [1.29, 1.82) is 0 Å². The van der Waals surface area contributed by atoms with Crippen LogP contribution in [0.5, 0.6) is 0 Å². The highest BCUT2D eigenvalue weighted by atomic mass is 32.1. The van der Waals surface area contributed by atoms with Crippen molar-refractivity contribution < 1.29 is 0 Å². The maximum absolute atomic E-state index is 5.44. The number of nitrogens with two attached hydrogens (primary N) is 1. The standard InChI is InChI=1S/C9H20N2S/c1-5-11(9(2,3)4)7-6-8(10)12/h5-7H2,1-4H3,(H2,10,12). The molecular weight excluding hydrogens is 168 g/mol. The van der Waals surface area contributed by atoms with Gasteiger partial charge in [-0.05, 0) is 27.3 Å². The van der Waals surface area contributed by atoms with Crippen LogP contribution in [0.15, 0.2) is 0 Å². The van der Waals surface area contributed by atoms with E-state index < -0.39 is 0 Å². The van der Waals surface area contributed by atoms with Crippen LogP contribution in [0.4, 0.5) is 0 Å². The summed E-state index contributed by atoms with van der Waals surface area (Å²) in [4.78, 5) is 2.98. The first-order valence-electron chi connectivity index (χ1n) is 4.41. The molecule has 0 bridgehead atoms. The summed E-state index contributed by atoms with van der Waals surface area (Å²) in [7, 11) is 0. The summed E-state index contributed by atoms with van der Waals surface area (Å²) in [5.74, 6) is 0. The molecule has 0 fully saturated rings. The zero-order chi connectivity index (χ0) is 9.78. The second kappa shape index (κ2) is 4.77. The predicted octanol–water partition coefficient (Wildman–Crippen LogP) is 1.78. The minimum absolute atomic E-state index is 0.222. The Morgan fingerprint density at radius 3 is 2.17 bits per heavy atom. The van der Waals surface area contributed by atoms with E-state index in [1.807, 2.05) is 0 Å². The SMILES string of the molecule is CCN(CCC(N)=S)C(C)(C)C. The van der Waals surface area contributed by atoms with Crippen LogP contribution in [0.1, 0.15) is 34.1 Å². The summed E-state index contributed by atoms with van der Waals surface area (Å²) in [6, 6.07) is 0. The largest absolute Gasteiger partial charge is 0.393 e. The Morgan fingerprint density at radius 2 is 1.92 bits per heavy atom. The summed E-state index contributed by atoms with van der Waals surface area (Å²) in [5.41, 5.74) is 5.67. The minimum Gasteiger partial charge on any atom is -0.393 e. The monoisotopic (exact) mass is 188 g/mol. The average molecular weight is 188 g/mol. The first kappa shape index (κ1) is 11.8. The van der Waals surface area contributed by atoms with Gasteiger partial charge in [0, 0.05) is 18.5 Å².